The van der Waals surface area contributed by atoms with Gasteiger partial charge in [0.25, 0.3) is 0 Å². The van der Waals surface area contributed by atoms with Gasteiger partial charge in [-0.3, -0.25) is 4.90 Å². The van der Waals surface area contributed by atoms with Crippen LogP contribution in [0.3, 0.4) is 0 Å². The molecule has 0 aliphatic carbocycles. The van der Waals surface area contributed by atoms with E-state index in [-0.39, 0.29) is 5.97 Å². The van der Waals surface area contributed by atoms with E-state index in [4.69, 9.17) is 9.72 Å². The van der Waals surface area contributed by atoms with Gasteiger partial charge < -0.3 is 14.3 Å². The van der Waals surface area contributed by atoms with E-state index in [1.54, 1.807) is 6.08 Å². The number of hydrogen-bond donors (Lipinski definition) is 1. The molecule has 1 aliphatic rings. The van der Waals surface area contributed by atoms with E-state index in [1.165, 1.54) is 46.1 Å². The van der Waals surface area contributed by atoms with Gasteiger partial charge in [0.05, 0.1) is 24.6 Å². The van der Waals surface area contributed by atoms with Crippen LogP contribution in [0, 0.1) is 6.92 Å². The van der Waals surface area contributed by atoms with Crippen LogP contribution >= 0.6 is 0 Å². The number of carbonyl (C=O) groups excluding carboxylic acids is 1. The van der Waals surface area contributed by atoms with Crippen LogP contribution in [0.1, 0.15) is 54.2 Å². The van der Waals surface area contributed by atoms with Gasteiger partial charge >= 0.3 is 5.97 Å². The van der Waals surface area contributed by atoms with Crippen molar-refractivity contribution in [2.75, 3.05) is 13.7 Å². The van der Waals surface area contributed by atoms with Gasteiger partial charge in [-0.25, -0.2) is 9.78 Å². The maximum atomic E-state index is 12.5. The van der Waals surface area contributed by atoms with E-state index < -0.39 is 0 Å². The number of allylic oxidation sites excluding steroid dienone is 4. The van der Waals surface area contributed by atoms with E-state index in [0.717, 1.165) is 56.8 Å². The quantitative estimate of drug-likeness (QED) is 0.132. The van der Waals surface area contributed by atoms with Crippen LogP contribution in [0.4, 0.5) is 0 Å². The second-order valence-corrected chi connectivity index (χ2v) is 10.7. The normalized spacial score (nSPS) is 14.6. The van der Waals surface area contributed by atoms with Crippen molar-refractivity contribution in [1.82, 2.24) is 19.4 Å². The predicted octanol–water partition coefficient (Wildman–Crippen LogP) is 6.94. The van der Waals surface area contributed by atoms with Gasteiger partial charge in [0.15, 0.2) is 0 Å². The van der Waals surface area contributed by atoms with Crippen molar-refractivity contribution >= 4 is 22.4 Å². The number of aromatic nitrogens is 3. The van der Waals surface area contributed by atoms with Crippen LogP contribution in [-0.4, -0.2) is 39.1 Å². The molecule has 0 bridgehead atoms. The van der Waals surface area contributed by atoms with Crippen molar-refractivity contribution in [3.8, 4) is 0 Å². The Morgan fingerprint density at radius 3 is 2.71 bits per heavy atom. The highest BCUT2D eigenvalue weighted by molar-refractivity contribution is 5.95. The lowest BCUT2D eigenvalue weighted by atomic mass is 10.0. The van der Waals surface area contributed by atoms with E-state index in [1.807, 2.05) is 25.3 Å². The number of ether oxygens (including phenoxy) is 1. The molecule has 0 spiro atoms. The van der Waals surface area contributed by atoms with E-state index in [9.17, 15) is 4.79 Å². The Bertz CT molecular complexity index is 1600. The standard InChI is InChI=1S/C35H40N4O2/c1-5-9-27(21-28(10-6-2)35(40)41-4)34-36-22-29(39(34)20-17-26-15-13-25(3)14-16-26)23-38-19-18-31-30-11-7-8-12-32(30)37-33(31)24-38/h6-16,21-22,37H,5,17-20,23-24H2,1-4H3/b10-6-,27-9-,28-21+. The fourth-order valence-electron chi connectivity index (χ4n) is 5.70. The number of esters is 1. The van der Waals surface area contributed by atoms with Gasteiger partial charge in [-0.2, -0.15) is 0 Å². The second-order valence-electron chi connectivity index (χ2n) is 10.7. The van der Waals surface area contributed by atoms with Crippen LogP contribution in [0.2, 0.25) is 0 Å². The Kier molecular flexibility index (Phi) is 9.00. The molecular weight excluding hydrogens is 508 g/mol. The van der Waals surface area contributed by atoms with Crippen molar-refractivity contribution in [2.45, 2.75) is 59.7 Å². The average molecular weight is 549 g/mol. The summed E-state index contributed by atoms with van der Waals surface area (Å²) in [4.78, 5) is 23.6. The number of aromatic amines is 1. The number of hydrogen-bond acceptors (Lipinski definition) is 4. The number of nitrogens with one attached hydrogen (secondary N) is 1. The molecule has 1 aliphatic heterocycles. The monoisotopic (exact) mass is 548 g/mol. The third-order valence-electron chi connectivity index (χ3n) is 7.79. The van der Waals surface area contributed by atoms with E-state index >= 15 is 0 Å². The molecule has 6 heteroatoms. The first-order valence-corrected chi connectivity index (χ1v) is 14.5. The Morgan fingerprint density at radius 1 is 1.15 bits per heavy atom. The molecule has 6 nitrogen and oxygen atoms in total. The first-order valence-electron chi connectivity index (χ1n) is 14.5. The minimum Gasteiger partial charge on any atom is -0.465 e. The highest BCUT2D eigenvalue weighted by Crippen LogP contribution is 2.29. The molecule has 0 saturated heterocycles. The summed E-state index contributed by atoms with van der Waals surface area (Å²) in [5.41, 5.74) is 9.14. The van der Waals surface area contributed by atoms with Crippen molar-refractivity contribution in [3.63, 3.8) is 0 Å². The largest absolute Gasteiger partial charge is 0.465 e. The Balaban J connectivity index is 1.47. The summed E-state index contributed by atoms with van der Waals surface area (Å²) in [5, 5.41) is 1.34. The molecule has 0 saturated carbocycles. The number of para-hydroxylation sites is 1. The molecule has 0 atom stereocenters. The van der Waals surface area contributed by atoms with E-state index in [2.05, 4.69) is 82.9 Å². The third-order valence-corrected chi connectivity index (χ3v) is 7.79. The predicted molar refractivity (Wildman–Crippen MR) is 166 cm³/mol. The Morgan fingerprint density at radius 2 is 1.95 bits per heavy atom. The number of fused-ring (bicyclic) bond motifs is 3. The fourth-order valence-corrected chi connectivity index (χ4v) is 5.70. The maximum Gasteiger partial charge on any atom is 0.337 e. The van der Waals surface area contributed by atoms with Crippen molar-refractivity contribution < 1.29 is 9.53 Å². The molecule has 212 valence electrons. The molecule has 41 heavy (non-hydrogen) atoms. The lowest BCUT2D eigenvalue weighted by Crippen LogP contribution is -2.31. The molecule has 2 aromatic carbocycles. The van der Waals surface area contributed by atoms with E-state index in [0.29, 0.717) is 5.57 Å². The molecule has 5 rings (SSSR count). The molecule has 2 aromatic heterocycles. The number of aryl methyl sites for hydroxylation is 2. The lowest BCUT2D eigenvalue weighted by molar-refractivity contribution is -0.135. The number of carbonyl (C=O) groups is 1. The topological polar surface area (TPSA) is 63.2 Å². The average Bonchev–Trinajstić information content (AvgIpc) is 3.56. The number of imidazole rings is 1. The molecule has 4 aromatic rings. The highest BCUT2D eigenvalue weighted by Gasteiger charge is 2.23. The molecule has 0 unspecified atom stereocenters. The zero-order chi connectivity index (χ0) is 28.8. The summed E-state index contributed by atoms with van der Waals surface area (Å²) in [7, 11) is 1.42. The molecule has 0 amide bonds. The van der Waals surface area contributed by atoms with Gasteiger partial charge in [0.1, 0.15) is 5.82 Å². The number of H-pyrrole nitrogens is 1. The van der Waals surface area contributed by atoms with Crippen LogP contribution in [0.15, 0.2) is 84.6 Å². The summed E-state index contributed by atoms with van der Waals surface area (Å²) in [6, 6.07) is 17.3. The maximum absolute atomic E-state index is 12.5. The first-order chi connectivity index (χ1) is 20.0. The summed E-state index contributed by atoms with van der Waals surface area (Å²) in [6.07, 6.45) is 12.4. The van der Waals surface area contributed by atoms with Gasteiger partial charge in [-0.15, -0.1) is 0 Å². The van der Waals surface area contributed by atoms with Crippen LogP contribution < -0.4 is 0 Å². The highest BCUT2D eigenvalue weighted by atomic mass is 16.5. The number of rotatable bonds is 10. The van der Waals surface area contributed by atoms with Crippen LogP contribution in [0.25, 0.3) is 16.5 Å². The molecular formula is C35H40N4O2. The molecule has 3 heterocycles. The molecule has 0 radical (unpaired) electrons. The SMILES string of the molecule is C\C=C/C(=C\C(=C\CC)c1ncc(CN2CCc3c([nH]c4ccccc34)C2)n1CCc1ccc(C)cc1)C(=O)OC. The third kappa shape index (κ3) is 6.44. The number of methoxy groups -OCH3 is 1. The number of benzene rings is 2. The van der Waals surface area contributed by atoms with Gasteiger partial charge in [0, 0.05) is 48.3 Å². The van der Waals surface area contributed by atoms with Crippen LogP contribution in [0.5, 0.6) is 0 Å². The van der Waals surface area contributed by atoms with Crippen molar-refractivity contribution in [3.05, 3.63) is 119 Å². The minimum absolute atomic E-state index is 0.356. The van der Waals surface area contributed by atoms with Crippen LogP contribution in [-0.2, 0) is 42.0 Å². The second kappa shape index (κ2) is 13.0. The first kappa shape index (κ1) is 28.4. The summed E-state index contributed by atoms with van der Waals surface area (Å²) >= 11 is 0. The van der Waals surface area contributed by atoms with Gasteiger partial charge in [-0.05, 0) is 56.4 Å². The number of nitrogens with zero attached hydrogens (tertiary/aromatic N) is 3. The Labute approximate surface area is 243 Å². The van der Waals surface area contributed by atoms with Crippen molar-refractivity contribution in [2.24, 2.45) is 0 Å². The summed E-state index contributed by atoms with van der Waals surface area (Å²) in [6.45, 7) is 9.60. The minimum atomic E-state index is -0.356. The van der Waals surface area contributed by atoms with Gasteiger partial charge in [0.2, 0.25) is 0 Å². The van der Waals surface area contributed by atoms with Crippen molar-refractivity contribution in [1.29, 1.82) is 0 Å². The zero-order valence-corrected chi connectivity index (χ0v) is 24.6. The smallest absolute Gasteiger partial charge is 0.337 e. The zero-order valence-electron chi connectivity index (χ0n) is 24.6. The van der Waals surface area contributed by atoms with Gasteiger partial charge in [-0.1, -0.05) is 73.2 Å². The Hall–Kier alpha value is -4.16. The fraction of sp³-hybridized carbons (Fsp3) is 0.314. The summed E-state index contributed by atoms with van der Waals surface area (Å²) < 4.78 is 7.40. The lowest BCUT2D eigenvalue weighted by Gasteiger charge is -2.27. The molecule has 0 fully saturated rings. The molecule has 1 N–H and O–H groups in total. The summed E-state index contributed by atoms with van der Waals surface area (Å²) in [5.74, 6) is 0.522.